The highest BCUT2D eigenvalue weighted by Gasteiger charge is 2.26. The minimum Gasteiger partial charge on any atom is -0.491 e. The fraction of sp³-hybridized carbons (Fsp3) is 0.353. The van der Waals surface area contributed by atoms with Gasteiger partial charge in [-0.1, -0.05) is 0 Å². The first-order valence-electron chi connectivity index (χ1n) is 8.79. The van der Waals surface area contributed by atoms with Crippen molar-refractivity contribution in [2.24, 2.45) is 0 Å². The first kappa shape index (κ1) is 18.9. The lowest BCUT2D eigenvalue weighted by atomic mass is 10.3. The molecule has 11 nitrogen and oxygen atoms in total. The molecule has 1 unspecified atom stereocenters. The molecule has 0 aromatic carbocycles. The summed E-state index contributed by atoms with van der Waals surface area (Å²) in [5, 5.41) is 14.6. The summed E-state index contributed by atoms with van der Waals surface area (Å²) in [5.74, 6) is 2.42. The van der Waals surface area contributed by atoms with Crippen LogP contribution in [0.15, 0.2) is 17.6 Å². The standard InChI is InChI=1S/C17H19N7O4S/c1-27-10-3-4-11(21-14(10)28-2)20-13-12-15(29-8-18-12)23-16(22-13)24-6-5-9(7-24)19-17(25)26/h3-4,8-9,19H,5-7H2,1-2H3,(H,25,26)(H,20,21,22,23). The first-order chi connectivity index (χ1) is 14.1. The van der Waals surface area contributed by atoms with Crippen LogP contribution in [0.25, 0.3) is 10.3 Å². The highest BCUT2D eigenvalue weighted by Crippen LogP contribution is 2.31. The zero-order valence-electron chi connectivity index (χ0n) is 15.7. The smallest absolute Gasteiger partial charge is 0.404 e. The molecule has 1 amide bonds. The number of hydrogen-bond acceptors (Lipinski definition) is 10. The maximum atomic E-state index is 10.9. The first-order valence-corrected chi connectivity index (χ1v) is 9.67. The zero-order chi connectivity index (χ0) is 20.4. The predicted octanol–water partition coefficient (Wildman–Crippen LogP) is 2.09. The molecule has 1 atom stereocenters. The molecular formula is C17H19N7O4S. The van der Waals surface area contributed by atoms with Gasteiger partial charge in [0.05, 0.1) is 25.8 Å². The van der Waals surface area contributed by atoms with E-state index >= 15 is 0 Å². The van der Waals surface area contributed by atoms with E-state index in [0.29, 0.717) is 54.2 Å². The van der Waals surface area contributed by atoms with Gasteiger partial charge in [0.15, 0.2) is 16.4 Å². The summed E-state index contributed by atoms with van der Waals surface area (Å²) >= 11 is 1.41. The van der Waals surface area contributed by atoms with Gasteiger partial charge in [-0.15, -0.1) is 11.3 Å². The maximum Gasteiger partial charge on any atom is 0.404 e. The molecule has 1 aliphatic rings. The van der Waals surface area contributed by atoms with Crippen LogP contribution in [0.2, 0.25) is 0 Å². The Hall–Kier alpha value is -3.41. The van der Waals surface area contributed by atoms with Crippen molar-refractivity contribution in [3.05, 3.63) is 17.6 Å². The molecule has 29 heavy (non-hydrogen) atoms. The van der Waals surface area contributed by atoms with Crippen LogP contribution in [0.5, 0.6) is 11.6 Å². The van der Waals surface area contributed by atoms with Gasteiger partial charge in [0.25, 0.3) is 5.88 Å². The Bertz CT molecular complexity index is 1040. The SMILES string of the molecule is COc1ccc(Nc2nc(N3CCC(NC(=O)O)C3)nc3scnc23)nc1OC. The lowest BCUT2D eigenvalue weighted by molar-refractivity contribution is 0.191. The predicted molar refractivity (Wildman–Crippen MR) is 108 cm³/mol. The number of nitrogens with one attached hydrogen (secondary N) is 2. The number of thiazole rings is 1. The Morgan fingerprint density at radius 1 is 1.28 bits per heavy atom. The molecule has 0 spiro atoms. The number of hydrogen-bond donors (Lipinski definition) is 3. The van der Waals surface area contributed by atoms with Crippen molar-refractivity contribution in [3.8, 4) is 11.6 Å². The number of pyridine rings is 1. The molecule has 0 radical (unpaired) electrons. The average molecular weight is 417 g/mol. The van der Waals surface area contributed by atoms with Crippen molar-refractivity contribution < 1.29 is 19.4 Å². The number of amides is 1. The van der Waals surface area contributed by atoms with E-state index in [9.17, 15) is 4.79 Å². The highest BCUT2D eigenvalue weighted by atomic mass is 32.1. The molecule has 3 N–H and O–H groups in total. The molecular weight excluding hydrogens is 398 g/mol. The number of fused-ring (bicyclic) bond motifs is 1. The number of anilines is 3. The van der Waals surface area contributed by atoms with Gasteiger partial charge in [-0.2, -0.15) is 15.0 Å². The van der Waals surface area contributed by atoms with Gasteiger partial charge in [0.1, 0.15) is 11.3 Å². The Labute approximate surface area is 169 Å². The topological polar surface area (TPSA) is 135 Å². The van der Waals surface area contributed by atoms with Gasteiger partial charge < -0.3 is 30.1 Å². The molecule has 3 aromatic rings. The van der Waals surface area contributed by atoms with E-state index in [1.807, 2.05) is 4.90 Å². The number of rotatable bonds is 6. The molecule has 0 bridgehead atoms. The van der Waals surface area contributed by atoms with Crippen LogP contribution in [0, 0.1) is 0 Å². The summed E-state index contributed by atoms with van der Waals surface area (Å²) < 4.78 is 10.5. The number of carbonyl (C=O) groups is 1. The van der Waals surface area contributed by atoms with Crippen molar-refractivity contribution in [1.82, 2.24) is 25.3 Å². The molecule has 152 valence electrons. The molecule has 1 fully saturated rings. The van der Waals surface area contributed by atoms with Crippen LogP contribution in [0.4, 0.5) is 22.4 Å². The molecule has 4 heterocycles. The van der Waals surface area contributed by atoms with Crippen molar-refractivity contribution in [2.75, 3.05) is 37.5 Å². The van der Waals surface area contributed by atoms with Gasteiger partial charge in [-0.3, -0.25) is 0 Å². The maximum absolute atomic E-state index is 10.9. The second-order valence-electron chi connectivity index (χ2n) is 6.29. The second-order valence-corrected chi connectivity index (χ2v) is 7.13. The summed E-state index contributed by atoms with van der Waals surface area (Å²) in [4.78, 5) is 31.5. The number of aromatic nitrogens is 4. The summed E-state index contributed by atoms with van der Waals surface area (Å²) in [6.07, 6.45) is -0.339. The van der Waals surface area contributed by atoms with Crippen molar-refractivity contribution >= 4 is 45.4 Å². The molecule has 12 heteroatoms. The van der Waals surface area contributed by atoms with E-state index in [1.54, 1.807) is 24.8 Å². The number of ether oxygens (including phenoxy) is 2. The summed E-state index contributed by atoms with van der Waals surface area (Å²) in [5.41, 5.74) is 2.34. The minimum absolute atomic E-state index is 0.155. The largest absolute Gasteiger partial charge is 0.491 e. The van der Waals surface area contributed by atoms with E-state index in [0.717, 1.165) is 4.83 Å². The molecule has 3 aromatic heterocycles. The van der Waals surface area contributed by atoms with Crippen molar-refractivity contribution in [2.45, 2.75) is 12.5 Å². The lowest BCUT2D eigenvalue weighted by Gasteiger charge is -2.17. The normalized spacial score (nSPS) is 16.1. The summed E-state index contributed by atoms with van der Waals surface area (Å²) in [7, 11) is 3.07. The third-order valence-electron chi connectivity index (χ3n) is 4.47. The van der Waals surface area contributed by atoms with Crippen LogP contribution in [0.3, 0.4) is 0 Å². The molecule has 0 saturated carbocycles. The van der Waals surface area contributed by atoms with E-state index in [2.05, 4.69) is 30.6 Å². The van der Waals surface area contributed by atoms with Gasteiger partial charge in [0, 0.05) is 13.1 Å². The van der Waals surface area contributed by atoms with E-state index in [1.165, 1.54) is 18.4 Å². The number of carboxylic acid groups (broad SMARTS) is 1. The van der Waals surface area contributed by atoms with Crippen molar-refractivity contribution in [1.29, 1.82) is 0 Å². The second kappa shape index (κ2) is 7.91. The van der Waals surface area contributed by atoms with Gasteiger partial charge in [-0.25, -0.2) is 9.78 Å². The quantitative estimate of drug-likeness (QED) is 0.547. The van der Waals surface area contributed by atoms with E-state index in [-0.39, 0.29) is 6.04 Å². The van der Waals surface area contributed by atoms with Crippen LogP contribution >= 0.6 is 11.3 Å². The van der Waals surface area contributed by atoms with Gasteiger partial charge >= 0.3 is 6.09 Å². The van der Waals surface area contributed by atoms with Crippen molar-refractivity contribution in [3.63, 3.8) is 0 Å². The van der Waals surface area contributed by atoms with Crippen LogP contribution in [-0.2, 0) is 0 Å². The number of nitrogens with zero attached hydrogens (tertiary/aromatic N) is 5. The van der Waals surface area contributed by atoms with E-state index < -0.39 is 6.09 Å². The highest BCUT2D eigenvalue weighted by molar-refractivity contribution is 7.16. The molecule has 1 aliphatic heterocycles. The molecule has 0 aliphatic carbocycles. The minimum atomic E-state index is -1.03. The van der Waals surface area contributed by atoms with Crippen LogP contribution < -0.4 is 25.0 Å². The third-order valence-corrected chi connectivity index (χ3v) is 5.19. The lowest BCUT2D eigenvalue weighted by Crippen LogP contribution is -2.36. The van der Waals surface area contributed by atoms with E-state index in [4.69, 9.17) is 14.6 Å². The fourth-order valence-electron chi connectivity index (χ4n) is 3.13. The Balaban J connectivity index is 1.63. The monoisotopic (exact) mass is 417 g/mol. The van der Waals surface area contributed by atoms with Crippen LogP contribution in [0.1, 0.15) is 6.42 Å². The molecule has 4 rings (SSSR count). The zero-order valence-corrected chi connectivity index (χ0v) is 16.6. The summed E-state index contributed by atoms with van der Waals surface area (Å²) in [6, 6.07) is 3.35. The van der Waals surface area contributed by atoms with Gasteiger partial charge in [0.2, 0.25) is 5.95 Å². The summed E-state index contributed by atoms with van der Waals surface area (Å²) in [6.45, 7) is 1.16. The average Bonchev–Trinajstić information content (AvgIpc) is 3.36. The Kier molecular flexibility index (Phi) is 5.16. The Morgan fingerprint density at radius 2 is 2.14 bits per heavy atom. The van der Waals surface area contributed by atoms with Gasteiger partial charge in [-0.05, 0) is 18.6 Å². The number of methoxy groups -OCH3 is 2. The molecule has 1 saturated heterocycles. The van der Waals surface area contributed by atoms with Crippen LogP contribution in [-0.4, -0.2) is 64.5 Å². The third kappa shape index (κ3) is 3.92. The Morgan fingerprint density at radius 3 is 2.90 bits per heavy atom. The fourth-order valence-corrected chi connectivity index (χ4v) is 3.79.